The molecule has 0 atom stereocenters. The fourth-order valence-corrected chi connectivity index (χ4v) is 2.73. The molecule has 1 aromatic rings. The van der Waals surface area contributed by atoms with E-state index in [2.05, 4.69) is 13.8 Å². The van der Waals surface area contributed by atoms with Gasteiger partial charge < -0.3 is 3.07 Å². The second-order valence-corrected chi connectivity index (χ2v) is 5.49. The zero-order valence-electron chi connectivity index (χ0n) is 9.76. The van der Waals surface area contributed by atoms with Crippen molar-refractivity contribution in [3.8, 4) is 5.75 Å². The predicted molar refractivity (Wildman–Crippen MR) is 72.4 cm³/mol. The molecule has 2 rings (SSSR count). The van der Waals surface area contributed by atoms with Gasteiger partial charge in [0.25, 0.3) is 0 Å². The Morgan fingerprint density at radius 2 is 2.06 bits per heavy atom. The van der Waals surface area contributed by atoms with Crippen LogP contribution in [0, 0.1) is 6.92 Å². The van der Waals surface area contributed by atoms with E-state index >= 15 is 0 Å². The zero-order chi connectivity index (χ0) is 11.9. The highest BCUT2D eigenvalue weighted by molar-refractivity contribution is 14.1. The van der Waals surface area contributed by atoms with Crippen LogP contribution in [0.1, 0.15) is 48.2 Å². The molecule has 2 nitrogen and oxygen atoms in total. The third-order valence-electron chi connectivity index (χ3n) is 3.40. The summed E-state index contributed by atoms with van der Waals surface area (Å²) in [5.41, 5.74) is 3.10. The van der Waals surface area contributed by atoms with Gasteiger partial charge in [0.2, 0.25) is 0 Å². The van der Waals surface area contributed by atoms with Gasteiger partial charge in [0.05, 0.1) is 0 Å². The van der Waals surface area contributed by atoms with Gasteiger partial charge in [-0.25, -0.2) is 0 Å². The molecule has 1 aromatic carbocycles. The van der Waals surface area contributed by atoms with Crippen molar-refractivity contribution in [3.05, 3.63) is 28.8 Å². The average molecular weight is 330 g/mol. The van der Waals surface area contributed by atoms with Crippen molar-refractivity contribution in [1.82, 2.24) is 0 Å². The van der Waals surface area contributed by atoms with Gasteiger partial charge in [-0.2, -0.15) is 0 Å². The molecule has 16 heavy (non-hydrogen) atoms. The summed E-state index contributed by atoms with van der Waals surface area (Å²) in [5.74, 6) is 1.12. The molecular formula is C13H15IO2. The van der Waals surface area contributed by atoms with E-state index < -0.39 is 0 Å². The highest BCUT2D eigenvalue weighted by atomic mass is 127. The van der Waals surface area contributed by atoms with Gasteiger partial charge in [-0.3, -0.25) is 4.79 Å². The Morgan fingerprint density at radius 1 is 1.38 bits per heavy atom. The standard InChI is InChI=1S/C13H15IO2/c1-8-6-9-10(7-12(8)16-14)13(2,3)5-4-11(9)15/h6-7H,4-5H2,1-3H3. The van der Waals surface area contributed by atoms with Crippen molar-refractivity contribution < 1.29 is 7.86 Å². The summed E-state index contributed by atoms with van der Waals surface area (Å²) < 4.78 is 5.30. The van der Waals surface area contributed by atoms with Gasteiger partial charge in [-0.05, 0) is 42.0 Å². The van der Waals surface area contributed by atoms with Crippen molar-refractivity contribution in [3.63, 3.8) is 0 Å². The number of fused-ring (bicyclic) bond motifs is 1. The number of halogens is 1. The summed E-state index contributed by atoms with van der Waals surface area (Å²) in [5, 5.41) is 0. The predicted octanol–water partition coefficient (Wildman–Crippen LogP) is 3.98. The molecule has 0 bridgehead atoms. The number of ketones is 1. The monoisotopic (exact) mass is 330 g/mol. The third-order valence-corrected chi connectivity index (χ3v) is 3.88. The highest BCUT2D eigenvalue weighted by Gasteiger charge is 2.32. The summed E-state index contributed by atoms with van der Waals surface area (Å²) in [6.45, 7) is 6.35. The fraction of sp³-hybridized carbons (Fsp3) is 0.462. The number of Topliss-reactive ketones (excluding diaryl/α,β-unsaturated/α-hetero) is 1. The smallest absolute Gasteiger partial charge is 0.192 e. The van der Waals surface area contributed by atoms with E-state index in [1.54, 1.807) is 0 Å². The van der Waals surface area contributed by atoms with Gasteiger partial charge in [-0.15, -0.1) is 0 Å². The van der Waals surface area contributed by atoms with E-state index in [-0.39, 0.29) is 11.2 Å². The third kappa shape index (κ3) is 1.85. The van der Waals surface area contributed by atoms with Crippen molar-refractivity contribution in [1.29, 1.82) is 0 Å². The average Bonchev–Trinajstić information content (AvgIpc) is 2.23. The van der Waals surface area contributed by atoms with Crippen molar-refractivity contribution in [2.75, 3.05) is 0 Å². The maximum atomic E-state index is 11.9. The minimum atomic E-state index is 0.0703. The van der Waals surface area contributed by atoms with Crippen LogP contribution in [-0.2, 0) is 5.41 Å². The number of aryl methyl sites for hydroxylation is 1. The molecule has 0 aromatic heterocycles. The Balaban J connectivity index is 2.66. The Labute approximate surface area is 110 Å². The van der Waals surface area contributed by atoms with Crippen molar-refractivity contribution in [2.45, 2.75) is 39.0 Å². The van der Waals surface area contributed by atoms with Crippen LogP contribution < -0.4 is 3.07 Å². The van der Waals surface area contributed by atoms with Crippen LogP contribution in [0.25, 0.3) is 0 Å². The molecule has 86 valence electrons. The first-order valence-electron chi connectivity index (χ1n) is 5.42. The molecular weight excluding hydrogens is 315 g/mol. The molecule has 0 radical (unpaired) electrons. The molecule has 0 N–H and O–H groups in total. The van der Waals surface area contributed by atoms with Crippen LogP contribution in [-0.4, -0.2) is 5.78 Å². The summed E-state index contributed by atoms with van der Waals surface area (Å²) >= 11 is 1.89. The van der Waals surface area contributed by atoms with Crippen LogP contribution in [0.3, 0.4) is 0 Å². The second kappa shape index (κ2) is 4.02. The van der Waals surface area contributed by atoms with E-state index in [9.17, 15) is 4.79 Å². The lowest BCUT2D eigenvalue weighted by Gasteiger charge is -2.32. The Bertz CT molecular complexity index is 449. The molecule has 1 aliphatic rings. The second-order valence-electron chi connectivity index (χ2n) is 5.05. The quantitative estimate of drug-likeness (QED) is 0.728. The summed E-state index contributed by atoms with van der Waals surface area (Å²) in [6.07, 6.45) is 1.58. The summed E-state index contributed by atoms with van der Waals surface area (Å²) in [6, 6.07) is 3.99. The molecule has 0 saturated carbocycles. The van der Waals surface area contributed by atoms with E-state index in [1.807, 2.05) is 42.1 Å². The van der Waals surface area contributed by atoms with Gasteiger partial charge >= 0.3 is 0 Å². The fourth-order valence-electron chi connectivity index (χ4n) is 2.26. The van der Waals surface area contributed by atoms with Crippen LogP contribution in [0.5, 0.6) is 5.75 Å². The maximum absolute atomic E-state index is 11.9. The molecule has 0 saturated heterocycles. The van der Waals surface area contributed by atoms with E-state index in [0.717, 1.165) is 28.9 Å². The molecule has 0 aliphatic heterocycles. The Hall–Kier alpha value is -0.580. The van der Waals surface area contributed by atoms with E-state index in [0.29, 0.717) is 6.42 Å². The lowest BCUT2D eigenvalue weighted by Crippen LogP contribution is -2.27. The Kier molecular flexibility index (Phi) is 2.99. The van der Waals surface area contributed by atoms with Crippen molar-refractivity contribution >= 4 is 28.8 Å². The topological polar surface area (TPSA) is 26.3 Å². The lowest BCUT2D eigenvalue weighted by molar-refractivity contribution is 0.0956. The first-order chi connectivity index (χ1) is 7.45. The van der Waals surface area contributed by atoms with E-state index in [4.69, 9.17) is 3.07 Å². The molecule has 0 amide bonds. The molecule has 0 unspecified atom stereocenters. The number of hydrogen-bond acceptors (Lipinski definition) is 2. The molecule has 0 heterocycles. The van der Waals surface area contributed by atoms with Gasteiger partial charge in [0.1, 0.15) is 5.75 Å². The first kappa shape index (κ1) is 11.9. The molecule has 1 aliphatic carbocycles. The van der Waals surface area contributed by atoms with Crippen molar-refractivity contribution in [2.24, 2.45) is 0 Å². The van der Waals surface area contributed by atoms with Crippen LogP contribution >= 0.6 is 23.0 Å². The number of benzene rings is 1. The zero-order valence-corrected chi connectivity index (χ0v) is 11.9. The van der Waals surface area contributed by atoms with E-state index in [1.165, 1.54) is 0 Å². The van der Waals surface area contributed by atoms with Crippen LogP contribution in [0.4, 0.5) is 0 Å². The first-order valence-corrected chi connectivity index (χ1v) is 6.31. The minimum absolute atomic E-state index is 0.0703. The minimum Gasteiger partial charge on any atom is -0.427 e. The molecule has 3 heteroatoms. The van der Waals surface area contributed by atoms with Crippen LogP contribution in [0.15, 0.2) is 12.1 Å². The number of rotatable bonds is 1. The van der Waals surface area contributed by atoms with Gasteiger partial charge in [0, 0.05) is 12.0 Å². The van der Waals surface area contributed by atoms with Gasteiger partial charge in [-0.1, -0.05) is 13.8 Å². The number of hydrogen-bond donors (Lipinski definition) is 0. The number of carbonyl (C=O) groups is 1. The maximum Gasteiger partial charge on any atom is 0.192 e. The SMILES string of the molecule is Cc1cc2c(cc1OI)C(C)(C)CCC2=O. The normalized spacial score (nSPS) is 18.1. The summed E-state index contributed by atoms with van der Waals surface area (Å²) in [4.78, 5) is 11.9. The highest BCUT2D eigenvalue weighted by Crippen LogP contribution is 2.39. The number of carbonyl (C=O) groups excluding carboxylic acids is 1. The largest absolute Gasteiger partial charge is 0.427 e. The van der Waals surface area contributed by atoms with Gasteiger partial charge in [0.15, 0.2) is 28.8 Å². The molecule has 0 fully saturated rings. The van der Waals surface area contributed by atoms with Crippen LogP contribution in [0.2, 0.25) is 0 Å². The molecule has 0 spiro atoms. The Morgan fingerprint density at radius 3 is 2.69 bits per heavy atom. The summed E-state index contributed by atoms with van der Waals surface area (Å²) in [7, 11) is 0. The lowest BCUT2D eigenvalue weighted by atomic mass is 9.72.